The Bertz CT molecular complexity index is 900. The predicted molar refractivity (Wildman–Crippen MR) is 109 cm³/mol. The molecule has 1 aliphatic heterocycles. The minimum Gasteiger partial charge on any atom is -0.325 e. The molecule has 0 unspecified atom stereocenters. The topological polar surface area (TPSA) is 62.3 Å². The van der Waals surface area contributed by atoms with Crippen LogP contribution in [-0.2, 0) is 9.59 Å². The molecule has 0 saturated carbocycles. The zero-order chi connectivity index (χ0) is 19.2. The highest BCUT2D eigenvalue weighted by molar-refractivity contribution is 6.32. The molecule has 0 bridgehead atoms. The van der Waals surface area contributed by atoms with Gasteiger partial charge in [-0.3, -0.25) is 14.6 Å². The fourth-order valence-corrected chi connectivity index (χ4v) is 3.11. The first-order valence-electron chi connectivity index (χ1n) is 8.69. The number of hydrogen-bond donors (Lipinski definition) is 1. The maximum absolute atomic E-state index is 12.6. The third-order valence-electron chi connectivity index (χ3n) is 4.26. The van der Waals surface area contributed by atoms with Gasteiger partial charge < -0.3 is 10.2 Å². The highest BCUT2D eigenvalue weighted by Crippen LogP contribution is 2.29. The van der Waals surface area contributed by atoms with Gasteiger partial charge >= 0.3 is 0 Å². The van der Waals surface area contributed by atoms with Crippen LogP contribution in [0.2, 0.25) is 5.02 Å². The van der Waals surface area contributed by atoms with E-state index in [0.717, 1.165) is 11.3 Å². The molecule has 0 radical (unpaired) electrons. The highest BCUT2D eigenvalue weighted by Gasteiger charge is 2.29. The minimum absolute atomic E-state index is 0. The molecule has 0 aliphatic carbocycles. The number of benzene rings is 1. The van der Waals surface area contributed by atoms with Gasteiger partial charge in [0.2, 0.25) is 5.91 Å². The molecule has 2 heterocycles. The molecule has 3 rings (SSSR count). The Morgan fingerprint density at radius 1 is 1.33 bits per heavy atom. The van der Waals surface area contributed by atoms with E-state index < -0.39 is 0 Å². The molecule has 0 spiro atoms. The van der Waals surface area contributed by atoms with Crippen LogP contribution in [-0.4, -0.2) is 28.2 Å². The van der Waals surface area contributed by atoms with E-state index in [1.807, 2.05) is 24.3 Å². The number of amides is 2. The van der Waals surface area contributed by atoms with E-state index in [1.165, 1.54) is 0 Å². The van der Waals surface area contributed by atoms with Crippen molar-refractivity contribution in [2.24, 2.45) is 0 Å². The summed E-state index contributed by atoms with van der Waals surface area (Å²) in [7, 11) is 0. The van der Waals surface area contributed by atoms with Gasteiger partial charge in [-0.1, -0.05) is 36.4 Å². The minimum atomic E-state index is -0.105. The van der Waals surface area contributed by atoms with Gasteiger partial charge in [-0.25, -0.2) is 0 Å². The summed E-state index contributed by atoms with van der Waals surface area (Å²) in [5.41, 5.74) is 2.88. The van der Waals surface area contributed by atoms with Crippen molar-refractivity contribution < 1.29 is 11.0 Å². The average Bonchev–Trinajstić information content (AvgIpc) is 2.92. The molecule has 1 fully saturated rings. The third-order valence-corrected chi connectivity index (χ3v) is 4.61. The first-order valence-corrected chi connectivity index (χ1v) is 9.07. The predicted octanol–water partition coefficient (Wildman–Crippen LogP) is 4.53. The van der Waals surface area contributed by atoms with Gasteiger partial charge in [0.1, 0.15) is 0 Å². The Hall–Kier alpha value is -2.92. The van der Waals surface area contributed by atoms with Crippen LogP contribution in [0.4, 0.5) is 5.69 Å². The Kier molecular flexibility index (Phi) is 6.04. The molecule has 1 aromatic heterocycles. The number of carbonyl (C=O) groups is 2. The maximum atomic E-state index is 12.6. The van der Waals surface area contributed by atoms with Crippen molar-refractivity contribution >= 4 is 35.2 Å². The summed E-state index contributed by atoms with van der Waals surface area (Å²) in [5.74, 6) is -0.181. The molecule has 1 N–H and O–H groups in total. The number of nitrogens with zero attached hydrogens (tertiary/aromatic N) is 2. The molecule has 1 aliphatic rings. The monoisotopic (exact) mass is 383 g/mol. The van der Waals surface area contributed by atoms with E-state index >= 15 is 0 Å². The maximum Gasteiger partial charge on any atom is 0.254 e. The van der Waals surface area contributed by atoms with Crippen molar-refractivity contribution in [2.75, 3.05) is 11.9 Å². The lowest BCUT2D eigenvalue weighted by Gasteiger charge is -2.16. The quantitative estimate of drug-likeness (QED) is 0.745. The summed E-state index contributed by atoms with van der Waals surface area (Å²) in [6.45, 7) is 4.44. The van der Waals surface area contributed by atoms with Crippen molar-refractivity contribution in [1.82, 2.24) is 9.88 Å². The lowest BCUT2D eigenvalue weighted by Crippen LogP contribution is -2.25. The van der Waals surface area contributed by atoms with Gasteiger partial charge in [0.25, 0.3) is 5.91 Å². The SMILES string of the molecule is C=C1C/C(=C\c2ccccc2Cl)C(=O)N1CCCC(=O)Nc1cccnc1.[HH]. The average molecular weight is 384 g/mol. The lowest BCUT2D eigenvalue weighted by atomic mass is 10.1. The van der Waals surface area contributed by atoms with Gasteiger partial charge in [-0.2, -0.15) is 0 Å². The number of carbonyl (C=O) groups excluding carboxylic acids is 2. The molecule has 6 heteroatoms. The Morgan fingerprint density at radius 2 is 2.15 bits per heavy atom. The van der Waals surface area contributed by atoms with Crippen LogP contribution in [0, 0.1) is 0 Å². The lowest BCUT2D eigenvalue weighted by molar-refractivity contribution is -0.124. The summed E-state index contributed by atoms with van der Waals surface area (Å²) >= 11 is 6.17. The number of anilines is 1. The molecule has 27 heavy (non-hydrogen) atoms. The summed E-state index contributed by atoms with van der Waals surface area (Å²) in [5, 5.41) is 3.39. The number of allylic oxidation sites excluding steroid dienone is 1. The van der Waals surface area contributed by atoms with Crippen LogP contribution >= 0.6 is 11.6 Å². The standard InChI is InChI=1S/C21H20ClN3O2.H2/c1-15-12-17(13-16-6-2-3-8-19(16)22)21(27)25(15)11-5-9-20(26)24-18-7-4-10-23-14-18;/h2-4,6-8,10,13-14H,1,5,9,11-12H2,(H,24,26);1H/b17-13+;. The first-order chi connectivity index (χ1) is 13.0. The fourth-order valence-electron chi connectivity index (χ4n) is 2.92. The van der Waals surface area contributed by atoms with E-state index in [4.69, 9.17) is 11.6 Å². The van der Waals surface area contributed by atoms with Crippen molar-refractivity contribution in [3.05, 3.63) is 77.2 Å². The first kappa shape index (κ1) is 18.9. The fraction of sp³-hybridized carbons (Fsp3) is 0.190. The van der Waals surface area contributed by atoms with E-state index in [9.17, 15) is 9.59 Å². The van der Waals surface area contributed by atoms with Gasteiger partial charge in [0, 0.05) is 43.3 Å². The molecule has 140 valence electrons. The van der Waals surface area contributed by atoms with Crippen LogP contribution in [0.3, 0.4) is 0 Å². The molecule has 1 aromatic carbocycles. The zero-order valence-corrected chi connectivity index (χ0v) is 15.6. The van der Waals surface area contributed by atoms with Crippen LogP contribution in [0.1, 0.15) is 26.3 Å². The largest absolute Gasteiger partial charge is 0.325 e. The summed E-state index contributed by atoms with van der Waals surface area (Å²) in [4.78, 5) is 30.2. The number of nitrogens with one attached hydrogen (secondary N) is 1. The number of halogens is 1. The number of likely N-dealkylation sites (tertiary alicyclic amines) is 1. The van der Waals surface area contributed by atoms with Gasteiger partial charge in [0.05, 0.1) is 11.9 Å². The van der Waals surface area contributed by atoms with E-state index in [2.05, 4.69) is 16.9 Å². The molecule has 1 saturated heterocycles. The Labute approximate surface area is 164 Å². The number of aromatic nitrogens is 1. The second kappa shape index (κ2) is 8.64. The van der Waals surface area contributed by atoms with Crippen LogP contribution in [0.5, 0.6) is 0 Å². The van der Waals surface area contributed by atoms with Crippen molar-refractivity contribution in [2.45, 2.75) is 19.3 Å². The third kappa shape index (κ3) is 4.83. The highest BCUT2D eigenvalue weighted by atomic mass is 35.5. The normalized spacial score (nSPS) is 15.4. The summed E-state index contributed by atoms with van der Waals surface area (Å²) in [6, 6.07) is 10.9. The Balaban J connectivity index is 0.00000280. The van der Waals surface area contributed by atoms with E-state index in [0.29, 0.717) is 42.1 Å². The van der Waals surface area contributed by atoms with Crippen LogP contribution in [0.25, 0.3) is 6.08 Å². The number of rotatable bonds is 6. The van der Waals surface area contributed by atoms with Crippen molar-refractivity contribution in [1.29, 1.82) is 0 Å². The smallest absolute Gasteiger partial charge is 0.254 e. The number of pyridine rings is 1. The molecule has 0 atom stereocenters. The van der Waals surface area contributed by atoms with Gasteiger partial charge in [-0.05, 0) is 36.3 Å². The van der Waals surface area contributed by atoms with E-state index in [1.54, 1.807) is 35.5 Å². The van der Waals surface area contributed by atoms with Crippen LogP contribution < -0.4 is 5.32 Å². The van der Waals surface area contributed by atoms with Crippen molar-refractivity contribution in [3.63, 3.8) is 0 Å². The Morgan fingerprint density at radius 3 is 2.89 bits per heavy atom. The molecule has 5 nitrogen and oxygen atoms in total. The van der Waals surface area contributed by atoms with Gasteiger partial charge in [0.15, 0.2) is 0 Å². The van der Waals surface area contributed by atoms with Crippen LogP contribution in [0.15, 0.2) is 66.6 Å². The summed E-state index contributed by atoms with van der Waals surface area (Å²) < 4.78 is 0. The second-order valence-corrected chi connectivity index (χ2v) is 6.69. The van der Waals surface area contributed by atoms with Gasteiger partial charge in [-0.15, -0.1) is 0 Å². The summed E-state index contributed by atoms with van der Waals surface area (Å²) in [6.07, 6.45) is 6.41. The van der Waals surface area contributed by atoms with E-state index in [-0.39, 0.29) is 13.2 Å². The van der Waals surface area contributed by atoms with Crippen molar-refractivity contribution in [3.8, 4) is 0 Å². The second-order valence-electron chi connectivity index (χ2n) is 6.28. The molecule has 2 amide bonds. The molecule has 2 aromatic rings. The number of hydrogen-bond acceptors (Lipinski definition) is 3. The molecular formula is C21H22ClN3O2. The zero-order valence-electron chi connectivity index (χ0n) is 14.8. The molecular weight excluding hydrogens is 362 g/mol.